The Morgan fingerprint density at radius 3 is 2.15 bits per heavy atom. The smallest absolute Gasteiger partial charge is 0.332 e. The number of carbonyl (C=O) groups is 2. The average molecular weight is 185 g/mol. The molecule has 1 atom stereocenters. The first-order chi connectivity index (χ1) is 5.97. The van der Waals surface area contributed by atoms with E-state index in [1.54, 1.807) is 6.08 Å². The molecule has 0 radical (unpaired) electrons. The summed E-state index contributed by atoms with van der Waals surface area (Å²) in [6, 6.07) is -0.674. The molecule has 0 aliphatic carbocycles. The molecular weight excluding hydrogens is 170 g/mol. The summed E-state index contributed by atoms with van der Waals surface area (Å²) in [6.45, 7) is 5.05. The first-order valence-corrected chi connectivity index (χ1v) is 3.97. The van der Waals surface area contributed by atoms with E-state index >= 15 is 0 Å². The van der Waals surface area contributed by atoms with Gasteiger partial charge in [0.1, 0.15) is 6.04 Å². The van der Waals surface area contributed by atoms with E-state index in [4.69, 9.17) is 0 Å². The minimum absolute atomic E-state index is 0.257. The molecule has 0 saturated heterocycles. The molecule has 0 unspecified atom stereocenters. The molecule has 0 spiro atoms. The topological polar surface area (TPSA) is 55.4 Å². The van der Waals surface area contributed by atoms with Crippen molar-refractivity contribution in [1.29, 1.82) is 0 Å². The number of rotatable bonds is 3. The maximum absolute atomic E-state index is 11.1. The first kappa shape index (κ1) is 11.7. The average Bonchev–Trinajstić information content (AvgIpc) is 2.00. The number of carbonyl (C=O) groups excluding carboxylic acids is 2. The largest absolute Gasteiger partial charge is 0.467 e. The fourth-order valence-electron chi connectivity index (χ4n) is 0.848. The minimum atomic E-state index is -0.674. The molecule has 4 heteroatoms. The summed E-state index contributed by atoms with van der Waals surface area (Å²) in [7, 11) is 1.29. The highest BCUT2D eigenvalue weighted by molar-refractivity contribution is 5.84. The van der Waals surface area contributed by atoms with Crippen molar-refractivity contribution in [2.75, 3.05) is 7.11 Å². The van der Waals surface area contributed by atoms with E-state index in [-0.39, 0.29) is 5.91 Å². The molecule has 0 saturated carbocycles. The van der Waals surface area contributed by atoms with Crippen molar-refractivity contribution in [3.05, 3.63) is 11.6 Å². The predicted octanol–water partition coefficient (Wildman–Crippen LogP) is 0.630. The third-order valence-electron chi connectivity index (χ3n) is 1.31. The van der Waals surface area contributed by atoms with E-state index in [2.05, 4.69) is 10.1 Å². The number of methoxy groups -OCH3 is 1. The van der Waals surface area contributed by atoms with Gasteiger partial charge in [-0.05, 0) is 13.8 Å². The fraction of sp³-hybridized carbons (Fsp3) is 0.556. The molecule has 0 fully saturated rings. The zero-order valence-electron chi connectivity index (χ0n) is 8.38. The van der Waals surface area contributed by atoms with Crippen molar-refractivity contribution in [3.8, 4) is 0 Å². The van der Waals surface area contributed by atoms with Gasteiger partial charge in [0.2, 0.25) is 5.91 Å². The van der Waals surface area contributed by atoms with Crippen LogP contribution in [0.1, 0.15) is 20.8 Å². The zero-order valence-corrected chi connectivity index (χ0v) is 8.38. The van der Waals surface area contributed by atoms with Crippen LogP contribution < -0.4 is 5.32 Å². The molecule has 13 heavy (non-hydrogen) atoms. The Balaban J connectivity index is 4.46. The van der Waals surface area contributed by atoms with Crippen molar-refractivity contribution >= 4 is 11.9 Å². The Hall–Kier alpha value is -1.32. The molecule has 74 valence electrons. The van der Waals surface area contributed by atoms with Gasteiger partial charge in [-0.15, -0.1) is 0 Å². The summed E-state index contributed by atoms with van der Waals surface area (Å²) in [6.07, 6.45) is 1.65. The summed E-state index contributed by atoms with van der Waals surface area (Å²) in [4.78, 5) is 21.8. The Morgan fingerprint density at radius 1 is 1.31 bits per heavy atom. The van der Waals surface area contributed by atoms with E-state index < -0.39 is 12.0 Å². The van der Waals surface area contributed by atoms with E-state index in [1.165, 1.54) is 14.0 Å². The summed E-state index contributed by atoms with van der Waals surface area (Å²) in [5, 5.41) is 2.47. The summed E-state index contributed by atoms with van der Waals surface area (Å²) in [5.41, 5.74) is 0.948. The molecule has 0 rings (SSSR count). The minimum Gasteiger partial charge on any atom is -0.467 e. The molecule has 0 bridgehead atoms. The Morgan fingerprint density at radius 2 is 1.85 bits per heavy atom. The van der Waals surface area contributed by atoms with Gasteiger partial charge in [0.15, 0.2) is 0 Å². The van der Waals surface area contributed by atoms with Crippen molar-refractivity contribution in [1.82, 2.24) is 5.32 Å². The third-order valence-corrected chi connectivity index (χ3v) is 1.31. The SMILES string of the molecule is COC(=O)[C@H](C=C(C)C)NC(C)=O. The van der Waals surface area contributed by atoms with Crippen LogP contribution in [0.4, 0.5) is 0 Å². The molecule has 1 N–H and O–H groups in total. The van der Waals surface area contributed by atoms with Crippen LogP contribution in [0.2, 0.25) is 0 Å². The quantitative estimate of drug-likeness (QED) is 0.518. The van der Waals surface area contributed by atoms with Crippen LogP contribution in [-0.4, -0.2) is 25.0 Å². The van der Waals surface area contributed by atoms with Crippen molar-refractivity contribution in [2.24, 2.45) is 0 Å². The van der Waals surface area contributed by atoms with Gasteiger partial charge in [-0.25, -0.2) is 4.79 Å². The number of nitrogens with one attached hydrogen (secondary N) is 1. The second-order valence-corrected chi connectivity index (χ2v) is 2.95. The molecule has 0 aromatic rings. The highest BCUT2D eigenvalue weighted by atomic mass is 16.5. The lowest BCUT2D eigenvalue weighted by molar-refractivity contribution is -0.143. The van der Waals surface area contributed by atoms with Crippen molar-refractivity contribution in [3.63, 3.8) is 0 Å². The Bertz CT molecular complexity index is 229. The molecule has 0 aliphatic heterocycles. The summed E-state index contributed by atoms with van der Waals surface area (Å²) < 4.78 is 4.52. The van der Waals surface area contributed by atoms with Crippen LogP contribution in [0.25, 0.3) is 0 Å². The standard InChI is InChI=1S/C9H15NO3/c1-6(2)5-8(9(12)13-4)10-7(3)11/h5,8H,1-4H3,(H,10,11)/t8-/m0/s1. The molecular formula is C9H15NO3. The monoisotopic (exact) mass is 185 g/mol. The highest BCUT2D eigenvalue weighted by Crippen LogP contribution is 1.96. The van der Waals surface area contributed by atoms with Gasteiger partial charge in [-0.3, -0.25) is 4.79 Å². The molecule has 4 nitrogen and oxygen atoms in total. The van der Waals surface area contributed by atoms with Crippen LogP contribution in [0, 0.1) is 0 Å². The maximum atomic E-state index is 11.1. The van der Waals surface area contributed by atoms with Crippen LogP contribution in [-0.2, 0) is 14.3 Å². The van der Waals surface area contributed by atoms with Gasteiger partial charge in [-0.1, -0.05) is 11.6 Å². The molecule has 0 aromatic carbocycles. The first-order valence-electron chi connectivity index (χ1n) is 3.97. The van der Waals surface area contributed by atoms with E-state index in [1.807, 2.05) is 13.8 Å². The number of esters is 1. The van der Waals surface area contributed by atoms with Crippen LogP contribution in [0.5, 0.6) is 0 Å². The molecule has 0 aliphatic rings. The van der Waals surface area contributed by atoms with Gasteiger partial charge < -0.3 is 10.1 Å². The maximum Gasteiger partial charge on any atom is 0.332 e. The van der Waals surface area contributed by atoms with E-state index in [0.29, 0.717) is 0 Å². The normalized spacial score (nSPS) is 11.4. The lowest BCUT2D eigenvalue weighted by atomic mass is 10.2. The number of hydrogen-bond donors (Lipinski definition) is 1. The number of allylic oxidation sites excluding steroid dienone is 1. The second kappa shape index (κ2) is 5.35. The van der Waals surface area contributed by atoms with Crippen molar-refractivity contribution in [2.45, 2.75) is 26.8 Å². The van der Waals surface area contributed by atoms with Gasteiger partial charge in [-0.2, -0.15) is 0 Å². The van der Waals surface area contributed by atoms with E-state index in [0.717, 1.165) is 5.57 Å². The fourth-order valence-corrected chi connectivity index (χ4v) is 0.848. The molecule has 0 heterocycles. The van der Waals surface area contributed by atoms with Crippen LogP contribution in [0.3, 0.4) is 0 Å². The van der Waals surface area contributed by atoms with Crippen LogP contribution in [0.15, 0.2) is 11.6 Å². The summed E-state index contributed by atoms with van der Waals surface area (Å²) >= 11 is 0. The van der Waals surface area contributed by atoms with Gasteiger partial charge in [0.25, 0.3) is 0 Å². The summed E-state index contributed by atoms with van der Waals surface area (Å²) in [5.74, 6) is -0.718. The number of amides is 1. The van der Waals surface area contributed by atoms with Crippen molar-refractivity contribution < 1.29 is 14.3 Å². The lowest BCUT2D eigenvalue weighted by Gasteiger charge is -2.11. The predicted molar refractivity (Wildman–Crippen MR) is 49.1 cm³/mol. The molecule has 1 amide bonds. The molecule has 0 aromatic heterocycles. The van der Waals surface area contributed by atoms with Gasteiger partial charge >= 0.3 is 5.97 Å². The third kappa shape index (κ3) is 5.00. The zero-order chi connectivity index (χ0) is 10.4. The van der Waals surface area contributed by atoms with Crippen LogP contribution >= 0.6 is 0 Å². The Kier molecular flexibility index (Phi) is 4.80. The lowest BCUT2D eigenvalue weighted by Crippen LogP contribution is -2.39. The number of hydrogen-bond acceptors (Lipinski definition) is 3. The second-order valence-electron chi connectivity index (χ2n) is 2.95. The highest BCUT2D eigenvalue weighted by Gasteiger charge is 2.16. The number of ether oxygens (including phenoxy) is 1. The van der Waals surface area contributed by atoms with E-state index in [9.17, 15) is 9.59 Å². The Labute approximate surface area is 78.0 Å². The van der Waals surface area contributed by atoms with Gasteiger partial charge in [0, 0.05) is 6.92 Å². The van der Waals surface area contributed by atoms with Gasteiger partial charge in [0.05, 0.1) is 7.11 Å².